The number of benzene rings is 2. The van der Waals surface area contributed by atoms with Gasteiger partial charge in [-0.1, -0.05) is 28.1 Å². The molecule has 2 N–H and O–H groups in total. The van der Waals surface area contributed by atoms with Gasteiger partial charge in [0.15, 0.2) is 0 Å². The molecule has 1 amide bonds. The van der Waals surface area contributed by atoms with E-state index in [0.29, 0.717) is 5.56 Å². The molecule has 0 spiro atoms. The van der Waals surface area contributed by atoms with Gasteiger partial charge in [-0.25, -0.2) is 0 Å². The van der Waals surface area contributed by atoms with Crippen molar-refractivity contribution in [3.8, 4) is 0 Å². The minimum Gasteiger partial charge on any atom is -0.361 e. The highest BCUT2D eigenvalue weighted by atomic mass is 79.9. The fraction of sp³-hybridized carbons (Fsp3) is 0. The molecule has 100 valence electrons. The molecule has 0 bridgehead atoms. The zero-order valence-electron chi connectivity index (χ0n) is 10.3. The molecule has 0 saturated carbocycles. The topological polar surface area (TPSA) is 44.9 Å². The van der Waals surface area contributed by atoms with E-state index in [1.807, 2.05) is 42.6 Å². The van der Waals surface area contributed by atoms with E-state index >= 15 is 0 Å². The summed E-state index contributed by atoms with van der Waals surface area (Å²) >= 11 is 6.83. The molecule has 3 aromatic rings. The molecule has 0 aliphatic heterocycles. The molecule has 3 rings (SSSR count). The highest BCUT2D eigenvalue weighted by molar-refractivity contribution is 9.11. The number of aromatic nitrogens is 1. The summed E-state index contributed by atoms with van der Waals surface area (Å²) in [6, 6.07) is 13.2. The van der Waals surface area contributed by atoms with Crippen molar-refractivity contribution in [1.29, 1.82) is 0 Å². The van der Waals surface area contributed by atoms with E-state index in [4.69, 9.17) is 0 Å². The third kappa shape index (κ3) is 2.51. The van der Waals surface area contributed by atoms with Gasteiger partial charge >= 0.3 is 0 Å². The maximum Gasteiger partial charge on any atom is 0.257 e. The zero-order valence-corrected chi connectivity index (χ0v) is 13.5. The Balaban J connectivity index is 1.97. The minimum atomic E-state index is -0.142. The van der Waals surface area contributed by atoms with E-state index in [1.54, 1.807) is 6.07 Å². The average Bonchev–Trinajstić information content (AvgIpc) is 2.91. The molecule has 0 saturated heterocycles. The summed E-state index contributed by atoms with van der Waals surface area (Å²) < 4.78 is 1.75. The molecular formula is C15H10Br2N2O. The monoisotopic (exact) mass is 392 g/mol. The number of hydrogen-bond donors (Lipinski definition) is 2. The van der Waals surface area contributed by atoms with Crippen molar-refractivity contribution < 1.29 is 4.79 Å². The predicted octanol–water partition coefficient (Wildman–Crippen LogP) is 4.95. The van der Waals surface area contributed by atoms with Gasteiger partial charge in [0.05, 0.1) is 16.8 Å². The Bertz CT molecular complexity index is 795. The van der Waals surface area contributed by atoms with Crippen molar-refractivity contribution in [2.75, 3.05) is 5.32 Å². The molecule has 3 nitrogen and oxygen atoms in total. The fourth-order valence-electron chi connectivity index (χ4n) is 2.06. The van der Waals surface area contributed by atoms with Gasteiger partial charge in [-0.2, -0.15) is 0 Å². The molecule has 5 heteroatoms. The first-order valence-corrected chi connectivity index (χ1v) is 7.56. The Morgan fingerprint density at radius 1 is 1.10 bits per heavy atom. The predicted molar refractivity (Wildman–Crippen MR) is 88.1 cm³/mol. The molecule has 0 aliphatic carbocycles. The number of para-hydroxylation sites is 1. The number of fused-ring (bicyclic) bond motifs is 1. The third-order valence-electron chi connectivity index (χ3n) is 3.01. The molecule has 0 radical (unpaired) electrons. The summed E-state index contributed by atoms with van der Waals surface area (Å²) in [5, 5.41) is 3.93. The number of halogens is 2. The van der Waals surface area contributed by atoms with Crippen LogP contribution in [0, 0.1) is 0 Å². The smallest absolute Gasteiger partial charge is 0.257 e. The summed E-state index contributed by atoms with van der Waals surface area (Å²) in [5.41, 5.74) is 2.20. The quantitative estimate of drug-likeness (QED) is 0.635. The van der Waals surface area contributed by atoms with Gasteiger partial charge < -0.3 is 10.3 Å². The second kappa shape index (κ2) is 5.42. The third-order valence-corrected chi connectivity index (χ3v) is 4.19. The molecule has 20 heavy (non-hydrogen) atoms. The van der Waals surface area contributed by atoms with Crippen LogP contribution in [0.25, 0.3) is 10.9 Å². The fourth-order valence-corrected chi connectivity index (χ4v) is 2.76. The van der Waals surface area contributed by atoms with E-state index in [9.17, 15) is 4.79 Å². The van der Waals surface area contributed by atoms with Crippen LogP contribution in [-0.4, -0.2) is 10.9 Å². The maximum absolute atomic E-state index is 12.4. The molecule has 1 aromatic heterocycles. The number of amides is 1. The van der Waals surface area contributed by atoms with Crippen LogP contribution in [0.5, 0.6) is 0 Å². The molecule has 2 aromatic carbocycles. The Labute approximate surface area is 132 Å². The summed E-state index contributed by atoms with van der Waals surface area (Å²) in [6.07, 6.45) is 1.83. The van der Waals surface area contributed by atoms with Gasteiger partial charge in [-0.15, -0.1) is 0 Å². The van der Waals surface area contributed by atoms with Crippen molar-refractivity contribution in [2.24, 2.45) is 0 Å². The normalized spacial score (nSPS) is 10.7. The van der Waals surface area contributed by atoms with Crippen LogP contribution in [0.1, 0.15) is 10.4 Å². The largest absolute Gasteiger partial charge is 0.361 e. The van der Waals surface area contributed by atoms with Crippen molar-refractivity contribution in [2.45, 2.75) is 0 Å². The highest BCUT2D eigenvalue weighted by Gasteiger charge is 2.12. The number of H-pyrrole nitrogens is 1. The Morgan fingerprint density at radius 2 is 1.95 bits per heavy atom. The first kappa shape index (κ1) is 13.4. The number of carbonyl (C=O) groups excluding carboxylic acids is 1. The number of anilines is 1. The van der Waals surface area contributed by atoms with Gasteiger partial charge in [0.2, 0.25) is 0 Å². The lowest BCUT2D eigenvalue weighted by Gasteiger charge is -2.08. The van der Waals surface area contributed by atoms with E-state index < -0.39 is 0 Å². The van der Waals surface area contributed by atoms with Gasteiger partial charge in [0.25, 0.3) is 5.91 Å². The van der Waals surface area contributed by atoms with Gasteiger partial charge in [0, 0.05) is 20.5 Å². The van der Waals surface area contributed by atoms with Crippen LogP contribution in [0.4, 0.5) is 5.69 Å². The average molecular weight is 394 g/mol. The number of rotatable bonds is 2. The SMILES string of the molecule is O=C(Nc1cc(Br)ccc1Br)c1cccc2cc[nH]c12. The molecule has 1 heterocycles. The first-order chi connectivity index (χ1) is 9.65. The van der Waals surface area contributed by atoms with Crippen molar-refractivity contribution in [3.63, 3.8) is 0 Å². The Hall–Kier alpha value is -1.59. The van der Waals surface area contributed by atoms with Gasteiger partial charge in [-0.05, 0) is 46.3 Å². The summed E-state index contributed by atoms with van der Waals surface area (Å²) in [6.45, 7) is 0. The number of carbonyl (C=O) groups is 1. The number of aromatic amines is 1. The van der Waals surface area contributed by atoms with E-state index in [2.05, 4.69) is 42.2 Å². The lowest BCUT2D eigenvalue weighted by molar-refractivity contribution is 0.102. The van der Waals surface area contributed by atoms with Crippen molar-refractivity contribution >= 4 is 54.4 Å². The van der Waals surface area contributed by atoms with Crippen molar-refractivity contribution in [1.82, 2.24) is 4.98 Å². The minimum absolute atomic E-state index is 0.142. The number of nitrogens with one attached hydrogen (secondary N) is 2. The second-order valence-corrected chi connectivity index (χ2v) is 6.10. The lowest BCUT2D eigenvalue weighted by Crippen LogP contribution is -2.12. The van der Waals surface area contributed by atoms with Crippen LogP contribution in [-0.2, 0) is 0 Å². The lowest BCUT2D eigenvalue weighted by atomic mass is 10.1. The van der Waals surface area contributed by atoms with E-state index in [1.165, 1.54) is 0 Å². The maximum atomic E-state index is 12.4. The van der Waals surface area contributed by atoms with Crippen molar-refractivity contribution in [3.05, 3.63) is 63.2 Å². The van der Waals surface area contributed by atoms with E-state index in [-0.39, 0.29) is 5.91 Å². The van der Waals surface area contributed by atoms with Gasteiger partial charge in [-0.3, -0.25) is 4.79 Å². The first-order valence-electron chi connectivity index (χ1n) is 5.97. The Kier molecular flexibility index (Phi) is 3.63. The van der Waals surface area contributed by atoms with Crippen LogP contribution < -0.4 is 5.32 Å². The van der Waals surface area contributed by atoms with Crippen LogP contribution in [0.2, 0.25) is 0 Å². The summed E-state index contributed by atoms with van der Waals surface area (Å²) in [7, 11) is 0. The van der Waals surface area contributed by atoms with Crippen LogP contribution in [0.3, 0.4) is 0 Å². The van der Waals surface area contributed by atoms with Gasteiger partial charge in [0.1, 0.15) is 0 Å². The van der Waals surface area contributed by atoms with Crippen LogP contribution in [0.15, 0.2) is 57.6 Å². The van der Waals surface area contributed by atoms with E-state index in [0.717, 1.165) is 25.5 Å². The zero-order chi connectivity index (χ0) is 14.1. The second-order valence-electron chi connectivity index (χ2n) is 4.33. The molecule has 0 aliphatic rings. The molecular weight excluding hydrogens is 384 g/mol. The van der Waals surface area contributed by atoms with Crippen LogP contribution >= 0.6 is 31.9 Å². The highest BCUT2D eigenvalue weighted by Crippen LogP contribution is 2.27. The summed E-state index contributed by atoms with van der Waals surface area (Å²) in [4.78, 5) is 15.5. The molecule has 0 unspecified atom stereocenters. The number of hydrogen-bond acceptors (Lipinski definition) is 1. The summed E-state index contributed by atoms with van der Waals surface area (Å²) in [5.74, 6) is -0.142. The molecule has 0 atom stereocenters. The molecule has 0 fully saturated rings. The Morgan fingerprint density at radius 3 is 2.80 bits per heavy atom. The standard InChI is InChI=1S/C15H10Br2N2O/c16-10-4-5-12(17)13(8-10)19-15(20)11-3-1-2-9-6-7-18-14(9)11/h1-8,18H,(H,19,20).